The van der Waals surface area contributed by atoms with Gasteiger partial charge < -0.3 is 9.30 Å². The van der Waals surface area contributed by atoms with E-state index >= 15 is 0 Å². The maximum absolute atomic E-state index is 13.6. The number of rotatable bonds is 7. The van der Waals surface area contributed by atoms with Gasteiger partial charge >= 0.3 is 0 Å². The molecule has 0 aliphatic heterocycles. The Bertz CT molecular complexity index is 800. The number of aromatic nitrogens is 2. The number of nitrogens with one attached hydrogen (secondary N) is 1. The first-order chi connectivity index (χ1) is 11.0. The molecule has 0 amide bonds. The highest BCUT2D eigenvalue weighted by Crippen LogP contribution is 2.38. The Balaban J connectivity index is 1.64. The highest BCUT2D eigenvalue weighted by atomic mass is 32.2. The van der Waals surface area contributed by atoms with Crippen molar-refractivity contribution in [2.45, 2.75) is 30.2 Å². The van der Waals surface area contributed by atoms with Crippen LogP contribution in [0.5, 0.6) is 5.75 Å². The fourth-order valence-corrected chi connectivity index (χ4v) is 3.44. The molecule has 0 atom stereocenters. The minimum Gasteiger partial charge on any atom is -0.494 e. The van der Waals surface area contributed by atoms with Crippen molar-refractivity contribution in [3.8, 4) is 5.75 Å². The van der Waals surface area contributed by atoms with Crippen LogP contribution in [-0.2, 0) is 16.6 Å². The van der Waals surface area contributed by atoms with E-state index in [2.05, 4.69) is 9.71 Å². The molecule has 1 N–H and O–H groups in total. The molecule has 8 heteroatoms. The Labute approximate surface area is 134 Å². The van der Waals surface area contributed by atoms with Crippen molar-refractivity contribution in [1.82, 2.24) is 14.3 Å². The summed E-state index contributed by atoms with van der Waals surface area (Å²) in [6.45, 7) is 0.704. The molecule has 1 aliphatic carbocycles. The number of benzene rings is 1. The quantitative estimate of drug-likeness (QED) is 0.836. The van der Waals surface area contributed by atoms with Crippen molar-refractivity contribution in [3.63, 3.8) is 0 Å². The van der Waals surface area contributed by atoms with Crippen LogP contribution in [0.3, 0.4) is 0 Å². The molecule has 6 nitrogen and oxygen atoms in total. The smallest absolute Gasteiger partial charge is 0.240 e. The predicted octanol–water partition coefficient (Wildman–Crippen LogP) is 1.89. The van der Waals surface area contributed by atoms with Gasteiger partial charge in [0.05, 0.1) is 12.0 Å². The van der Waals surface area contributed by atoms with E-state index in [0.717, 1.165) is 24.7 Å². The number of methoxy groups -OCH3 is 1. The summed E-state index contributed by atoms with van der Waals surface area (Å²) in [5, 5.41) is 0. The van der Waals surface area contributed by atoms with E-state index in [9.17, 15) is 12.8 Å². The summed E-state index contributed by atoms with van der Waals surface area (Å²) in [5.41, 5.74) is 0. The van der Waals surface area contributed by atoms with Crippen LogP contribution in [0.25, 0.3) is 0 Å². The molecule has 0 bridgehead atoms. The zero-order valence-corrected chi connectivity index (χ0v) is 13.5. The number of sulfonamides is 1. The minimum absolute atomic E-state index is 0.0106. The topological polar surface area (TPSA) is 73.2 Å². The van der Waals surface area contributed by atoms with Gasteiger partial charge in [-0.05, 0) is 31.0 Å². The molecule has 0 spiro atoms. The second kappa shape index (κ2) is 6.29. The molecule has 1 fully saturated rings. The summed E-state index contributed by atoms with van der Waals surface area (Å²) >= 11 is 0. The molecule has 1 heterocycles. The molecule has 2 aromatic rings. The van der Waals surface area contributed by atoms with Crippen molar-refractivity contribution in [2.24, 2.45) is 0 Å². The number of halogens is 1. The van der Waals surface area contributed by atoms with Gasteiger partial charge in [-0.15, -0.1) is 0 Å². The van der Waals surface area contributed by atoms with E-state index in [4.69, 9.17) is 4.74 Å². The first-order valence-corrected chi connectivity index (χ1v) is 8.84. The van der Waals surface area contributed by atoms with Gasteiger partial charge in [-0.2, -0.15) is 0 Å². The zero-order chi connectivity index (χ0) is 16.4. The molecule has 0 unspecified atom stereocenters. The molecule has 23 heavy (non-hydrogen) atoms. The van der Waals surface area contributed by atoms with Gasteiger partial charge in [-0.25, -0.2) is 22.5 Å². The fraction of sp³-hybridized carbons (Fsp3) is 0.400. The summed E-state index contributed by atoms with van der Waals surface area (Å²) < 4.78 is 47.3. The average molecular weight is 339 g/mol. The first-order valence-electron chi connectivity index (χ1n) is 7.35. The molecular weight excluding hydrogens is 321 g/mol. The summed E-state index contributed by atoms with van der Waals surface area (Å²) in [5.74, 6) is 0.800. The summed E-state index contributed by atoms with van der Waals surface area (Å²) in [6, 6.07) is 3.57. The van der Waals surface area contributed by atoms with E-state index in [-0.39, 0.29) is 17.2 Å². The van der Waals surface area contributed by atoms with Crippen LogP contribution >= 0.6 is 0 Å². The number of imidazole rings is 1. The molecule has 1 aromatic heterocycles. The number of hydrogen-bond donors (Lipinski definition) is 1. The lowest BCUT2D eigenvalue weighted by Crippen LogP contribution is -2.27. The Morgan fingerprint density at radius 1 is 1.43 bits per heavy atom. The summed E-state index contributed by atoms with van der Waals surface area (Å²) in [6.07, 6.45) is 5.83. The van der Waals surface area contributed by atoms with Crippen molar-refractivity contribution in [3.05, 3.63) is 42.2 Å². The van der Waals surface area contributed by atoms with Gasteiger partial charge in [-0.1, -0.05) is 0 Å². The Morgan fingerprint density at radius 2 is 2.22 bits per heavy atom. The Morgan fingerprint density at radius 3 is 2.87 bits per heavy atom. The summed E-state index contributed by atoms with van der Waals surface area (Å²) in [7, 11) is -2.43. The largest absolute Gasteiger partial charge is 0.494 e. The van der Waals surface area contributed by atoms with Gasteiger partial charge in [0, 0.05) is 31.4 Å². The molecule has 0 saturated heterocycles. The van der Waals surface area contributed by atoms with Crippen molar-refractivity contribution >= 4 is 10.0 Å². The maximum Gasteiger partial charge on any atom is 0.240 e. The van der Waals surface area contributed by atoms with Gasteiger partial charge in [0.25, 0.3) is 0 Å². The number of hydrogen-bond acceptors (Lipinski definition) is 4. The van der Waals surface area contributed by atoms with E-state index < -0.39 is 15.8 Å². The van der Waals surface area contributed by atoms with Crippen LogP contribution < -0.4 is 9.46 Å². The third-order valence-corrected chi connectivity index (χ3v) is 5.23. The third-order valence-electron chi connectivity index (χ3n) is 3.77. The van der Waals surface area contributed by atoms with E-state index in [1.54, 1.807) is 6.20 Å². The van der Waals surface area contributed by atoms with E-state index in [0.29, 0.717) is 12.5 Å². The highest BCUT2D eigenvalue weighted by molar-refractivity contribution is 7.89. The van der Waals surface area contributed by atoms with Gasteiger partial charge in [0.1, 0.15) is 5.82 Å². The summed E-state index contributed by atoms with van der Waals surface area (Å²) in [4.78, 5) is 4.18. The maximum atomic E-state index is 13.6. The minimum atomic E-state index is -3.76. The lowest BCUT2D eigenvalue weighted by atomic mass is 10.3. The van der Waals surface area contributed by atoms with Crippen LogP contribution in [-0.4, -0.2) is 31.6 Å². The molecular formula is C15H18FN3O3S. The second-order valence-electron chi connectivity index (χ2n) is 5.45. The Hall–Kier alpha value is -1.93. The van der Waals surface area contributed by atoms with Crippen LogP contribution in [0.1, 0.15) is 24.6 Å². The van der Waals surface area contributed by atoms with E-state index in [1.165, 1.54) is 19.2 Å². The average Bonchev–Trinajstić information content (AvgIpc) is 3.26. The molecule has 1 aliphatic rings. The lowest BCUT2D eigenvalue weighted by Gasteiger charge is -2.10. The van der Waals surface area contributed by atoms with Crippen LogP contribution in [0.4, 0.5) is 4.39 Å². The normalized spacial score (nSPS) is 14.9. The van der Waals surface area contributed by atoms with Gasteiger partial charge in [-0.3, -0.25) is 0 Å². The van der Waals surface area contributed by atoms with Crippen LogP contribution in [0.15, 0.2) is 35.5 Å². The molecule has 1 aromatic carbocycles. The van der Waals surface area contributed by atoms with Crippen LogP contribution in [0.2, 0.25) is 0 Å². The van der Waals surface area contributed by atoms with E-state index in [1.807, 2.05) is 10.8 Å². The molecule has 124 valence electrons. The third kappa shape index (κ3) is 3.53. The van der Waals surface area contributed by atoms with Crippen molar-refractivity contribution < 1.29 is 17.5 Å². The van der Waals surface area contributed by atoms with Crippen molar-refractivity contribution in [1.29, 1.82) is 0 Å². The van der Waals surface area contributed by atoms with Crippen molar-refractivity contribution in [2.75, 3.05) is 13.7 Å². The molecule has 0 radical (unpaired) electrons. The standard InChI is InChI=1S/C15H18FN3O3S/c1-22-14-5-4-12(10-13(14)16)23(20,21)18-7-9-19-8-6-17-15(19)11-2-3-11/h4-6,8,10-11,18H,2-3,7,9H2,1H3. The SMILES string of the molecule is COc1ccc(S(=O)(=O)NCCn2ccnc2C2CC2)cc1F. The highest BCUT2D eigenvalue weighted by Gasteiger charge is 2.27. The molecule has 1 saturated carbocycles. The predicted molar refractivity (Wildman–Crippen MR) is 82.3 cm³/mol. The lowest BCUT2D eigenvalue weighted by molar-refractivity contribution is 0.385. The Kier molecular flexibility index (Phi) is 4.36. The second-order valence-corrected chi connectivity index (χ2v) is 7.21. The number of ether oxygens (including phenoxy) is 1. The first kappa shape index (κ1) is 15.9. The fourth-order valence-electron chi connectivity index (χ4n) is 2.41. The molecule has 3 rings (SSSR count). The van der Waals surface area contributed by atoms with Gasteiger partial charge in [0.2, 0.25) is 10.0 Å². The number of nitrogens with zero attached hydrogens (tertiary/aromatic N) is 2. The monoisotopic (exact) mass is 339 g/mol. The van der Waals surface area contributed by atoms with Crippen LogP contribution in [0, 0.1) is 5.82 Å². The zero-order valence-electron chi connectivity index (χ0n) is 12.7. The van der Waals surface area contributed by atoms with Gasteiger partial charge in [0.15, 0.2) is 11.6 Å².